The molecule has 0 atom stereocenters. The number of nitrogens with one attached hydrogen (secondary N) is 2. The summed E-state index contributed by atoms with van der Waals surface area (Å²) < 4.78 is 0. The Hall–Kier alpha value is -2.89. The lowest BCUT2D eigenvalue weighted by Crippen LogP contribution is -2.45. The van der Waals surface area contributed by atoms with Gasteiger partial charge in [0.25, 0.3) is 5.91 Å². The Morgan fingerprint density at radius 2 is 1.52 bits per heavy atom. The topological polar surface area (TPSA) is 51.4 Å². The highest BCUT2D eigenvalue weighted by Crippen LogP contribution is 2.20. The molecule has 1 amide bonds. The highest BCUT2D eigenvalue weighted by Gasteiger charge is 2.20. The lowest BCUT2D eigenvalue weighted by Gasteiger charge is -2.34. The summed E-state index contributed by atoms with van der Waals surface area (Å²) in [6.07, 6.45) is 1.96. The molecule has 1 aromatic heterocycles. The van der Waals surface area contributed by atoms with Gasteiger partial charge in [0.15, 0.2) is 0 Å². The van der Waals surface area contributed by atoms with E-state index in [1.54, 1.807) is 0 Å². The molecule has 0 spiro atoms. The van der Waals surface area contributed by atoms with Crippen molar-refractivity contribution in [1.29, 1.82) is 0 Å². The third-order valence-electron chi connectivity index (χ3n) is 5.99. The van der Waals surface area contributed by atoms with Crippen molar-refractivity contribution in [3.8, 4) is 11.3 Å². The quantitative estimate of drug-likeness (QED) is 0.708. The molecule has 29 heavy (non-hydrogen) atoms. The van der Waals surface area contributed by atoms with Gasteiger partial charge >= 0.3 is 0 Å². The van der Waals surface area contributed by atoms with Gasteiger partial charge in [0.2, 0.25) is 0 Å². The van der Waals surface area contributed by atoms with Gasteiger partial charge in [-0.15, -0.1) is 0 Å². The van der Waals surface area contributed by atoms with Crippen molar-refractivity contribution in [3.05, 3.63) is 83.0 Å². The average molecular weight is 386 g/mol. The number of hydrogen-bond acceptors (Lipinski definition) is 3. The SMILES string of the molecule is O=C1NCc2cc(CN3CCN(Cc4ccc(-c5ccc[nH]5)cc4)CC3)ccc21. The minimum atomic E-state index is 0.0566. The zero-order valence-electron chi connectivity index (χ0n) is 16.5. The Morgan fingerprint density at radius 1 is 0.828 bits per heavy atom. The number of aromatic nitrogens is 1. The van der Waals surface area contributed by atoms with Crippen molar-refractivity contribution in [1.82, 2.24) is 20.1 Å². The minimum absolute atomic E-state index is 0.0566. The van der Waals surface area contributed by atoms with Crippen molar-refractivity contribution in [2.75, 3.05) is 26.2 Å². The highest BCUT2D eigenvalue weighted by atomic mass is 16.1. The van der Waals surface area contributed by atoms with Crippen LogP contribution in [-0.2, 0) is 19.6 Å². The van der Waals surface area contributed by atoms with Crippen LogP contribution in [0, 0.1) is 0 Å². The summed E-state index contributed by atoms with van der Waals surface area (Å²) in [5.41, 5.74) is 7.03. The number of nitrogens with zero attached hydrogens (tertiary/aromatic N) is 2. The maximum atomic E-state index is 11.7. The molecule has 2 N–H and O–H groups in total. The molecule has 2 aliphatic rings. The second-order valence-corrected chi connectivity index (χ2v) is 8.01. The van der Waals surface area contributed by atoms with E-state index in [1.807, 2.05) is 18.3 Å². The van der Waals surface area contributed by atoms with Gasteiger partial charge in [-0.3, -0.25) is 14.6 Å². The average Bonchev–Trinajstić information content (AvgIpc) is 3.41. The number of amides is 1. The number of piperazine rings is 1. The maximum Gasteiger partial charge on any atom is 0.251 e. The van der Waals surface area contributed by atoms with Gasteiger partial charge in [-0.2, -0.15) is 0 Å². The van der Waals surface area contributed by atoms with Crippen molar-refractivity contribution < 1.29 is 4.79 Å². The van der Waals surface area contributed by atoms with E-state index in [1.165, 1.54) is 16.7 Å². The Labute approximate surface area is 171 Å². The van der Waals surface area contributed by atoms with E-state index < -0.39 is 0 Å². The first-order valence-electron chi connectivity index (χ1n) is 10.3. The molecule has 5 heteroatoms. The first kappa shape index (κ1) is 18.2. The summed E-state index contributed by atoms with van der Waals surface area (Å²) in [4.78, 5) is 20.0. The molecule has 1 saturated heterocycles. The number of H-pyrrole nitrogens is 1. The highest BCUT2D eigenvalue weighted by molar-refractivity contribution is 5.98. The van der Waals surface area contributed by atoms with Crippen LogP contribution in [-0.4, -0.2) is 46.9 Å². The van der Waals surface area contributed by atoms with Crippen molar-refractivity contribution in [2.24, 2.45) is 0 Å². The molecule has 2 aliphatic heterocycles. The number of benzene rings is 2. The smallest absolute Gasteiger partial charge is 0.251 e. The van der Waals surface area contributed by atoms with Crippen LogP contribution in [0.3, 0.4) is 0 Å². The standard InChI is InChI=1S/C24H26N4O/c29-24-22-8-5-19(14-21(22)15-26-24)17-28-12-10-27(11-13-28)16-18-3-6-20(7-4-18)23-2-1-9-25-23/h1-9,14,25H,10-13,15-17H2,(H,26,29). The largest absolute Gasteiger partial charge is 0.361 e. The van der Waals surface area contributed by atoms with Gasteiger partial charge in [0.1, 0.15) is 0 Å². The van der Waals surface area contributed by atoms with Crippen LogP contribution in [0.2, 0.25) is 0 Å². The fourth-order valence-electron chi connectivity index (χ4n) is 4.31. The van der Waals surface area contributed by atoms with E-state index in [-0.39, 0.29) is 5.91 Å². The van der Waals surface area contributed by atoms with Crippen LogP contribution in [0.5, 0.6) is 0 Å². The lowest BCUT2D eigenvalue weighted by molar-refractivity contribution is 0.0965. The number of fused-ring (bicyclic) bond motifs is 1. The van der Waals surface area contributed by atoms with Crippen LogP contribution in [0.1, 0.15) is 27.0 Å². The zero-order valence-corrected chi connectivity index (χ0v) is 16.5. The molecule has 0 saturated carbocycles. The van der Waals surface area contributed by atoms with Crippen LogP contribution >= 0.6 is 0 Å². The Balaban J connectivity index is 1.13. The first-order valence-corrected chi connectivity index (χ1v) is 10.3. The molecule has 5 rings (SSSR count). The predicted octanol–water partition coefficient (Wildman–Crippen LogP) is 3.24. The fraction of sp³-hybridized carbons (Fsp3) is 0.292. The van der Waals surface area contributed by atoms with E-state index in [0.29, 0.717) is 6.54 Å². The van der Waals surface area contributed by atoms with Gasteiger partial charge in [-0.25, -0.2) is 0 Å². The maximum absolute atomic E-state index is 11.7. The molecule has 0 unspecified atom stereocenters. The molecule has 0 aliphatic carbocycles. The van der Waals surface area contributed by atoms with Crippen LogP contribution in [0.15, 0.2) is 60.8 Å². The molecular weight excluding hydrogens is 360 g/mol. The zero-order chi connectivity index (χ0) is 19.6. The normalized spacial score (nSPS) is 17.3. The Bertz CT molecular complexity index is 986. The van der Waals surface area contributed by atoms with Gasteiger partial charge in [0.05, 0.1) is 0 Å². The number of carbonyl (C=O) groups excluding carboxylic acids is 1. The van der Waals surface area contributed by atoms with Crippen LogP contribution in [0.4, 0.5) is 0 Å². The van der Waals surface area contributed by atoms with Crippen molar-refractivity contribution in [3.63, 3.8) is 0 Å². The van der Waals surface area contributed by atoms with Crippen molar-refractivity contribution in [2.45, 2.75) is 19.6 Å². The van der Waals surface area contributed by atoms with Gasteiger partial charge in [0, 0.05) is 63.3 Å². The summed E-state index contributed by atoms with van der Waals surface area (Å²) in [6.45, 7) is 6.96. The third-order valence-corrected chi connectivity index (χ3v) is 5.99. The molecule has 0 bridgehead atoms. The molecular formula is C24H26N4O. The van der Waals surface area contributed by atoms with E-state index in [4.69, 9.17) is 0 Å². The third kappa shape index (κ3) is 3.97. The Morgan fingerprint density at radius 3 is 2.21 bits per heavy atom. The second-order valence-electron chi connectivity index (χ2n) is 8.01. The summed E-state index contributed by atoms with van der Waals surface area (Å²) >= 11 is 0. The molecule has 5 nitrogen and oxygen atoms in total. The number of hydrogen-bond donors (Lipinski definition) is 2. The van der Waals surface area contributed by atoms with Gasteiger partial charge < -0.3 is 10.3 Å². The molecule has 3 heterocycles. The minimum Gasteiger partial charge on any atom is -0.361 e. The number of aromatic amines is 1. The Kier molecular flexibility index (Phi) is 4.92. The number of carbonyl (C=O) groups is 1. The lowest BCUT2D eigenvalue weighted by atomic mass is 10.1. The molecule has 1 fully saturated rings. The summed E-state index contributed by atoms with van der Waals surface area (Å²) in [7, 11) is 0. The van der Waals surface area contributed by atoms with E-state index >= 15 is 0 Å². The molecule has 2 aromatic carbocycles. The summed E-state index contributed by atoms with van der Waals surface area (Å²) in [6, 6.07) is 19.3. The monoisotopic (exact) mass is 386 g/mol. The molecule has 148 valence electrons. The van der Waals surface area contributed by atoms with Gasteiger partial charge in [-0.05, 0) is 40.5 Å². The van der Waals surface area contributed by atoms with Gasteiger partial charge in [-0.1, -0.05) is 36.4 Å². The molecule has 3 aromatic rings. The van der Waals surface area contributed by atoms with Crippen LogP contribution in [0.25, 0.3) is 11.3 Å². The number of rotatable bonds is 5. The van der Waals surface area contributed by atoms with Crippen molar-refractivity contribution >= 4 is 5.91 Å². The summed E-state index contributed by atoms with van der Waals surface area (Å²) in [5, 5.41) is 2.90. The van der Waals surface area contributed by atoms with E-state index in [2.05, 4.69) is 62.6 Å². The predicted molar refractivity (Wildman–Crippen MR) is 114 cm³/mol. The summed E-state index contributed by atoms with van der Waals surface area (Å²) in [5.74, 6) is 0.0566. The van der Waals surface area contributed by atoms with Crippen LogP contribution < -0.4 is 5.32 Å². The first-order chi connectivity index (χ1) is 14.2. The molecule has 0 radical (unpaired) electrons. The fourth-order valence-corrected chi connectivity index (χ4v) is 4.31. The van der Waals surface area contributed by atoms with E-state index in [9.17, 15) is 4.79 Å². The van der Waals surface area contributed by atoms with E-state index in [0.717, 1.165) is 56.1 Å². The second kappa shape index (κ2) is 7.85.